The highest BCUT2D eigenvalue weighted by Gasteiger charge is 2.31. The lowest BCUT2D eigenvalue weighted by Gasteiger charge is -2.34. The number of hydrogen-bond donors (Lipinski definition) is 1. The van der Waals surface area contributed by atoms with E-state index in [1.165, 1.54) is 4.88 Å². The van der Waals surface area contributed by atoms with E-state index in [0.717, 1.165) is 35.8 Å². The molecule has 0 bridgehead atoms. The summed E-state index contributed by atoms with van der Waals surface area (Å²) in [5.74, 6) is 0.895. The maximum absolute atomic E-state index is 12.9. The van der Waals surface area contributed by atoms with Gasteiger partial charge in [-0.2, -0.15) is 0 Å². The highest BCUT2D eigenvalue weighted by molar-refractivity contribution is 7.11. The number of amides is 1. The lowest BCUT2D eigenvalue weighted by molar-refractivity contribution is -0.122. The highest BCUT2D eigenvalue weighted by Crippen LogP contribution is 2.27. The molecule has 0 spiro atoms. The second-order valence-electron chi connectivity index (χ2n) is 6.06. The van der Waals surface area contributed by atoms with E-state index in [4.69, 9.17) is 4.74 Å². The molecule has 0 unspecified atom stereocenters. The number of piperidine rings is 1. The molecule has 0 radical (unpaired) electrons. The fourth-order valence-electron chi connectivity index (χ4n) is 3.03. The number of ether oxygens (including phenoxy) is 1. The van der Waals surface area contributed by atoms with Crippen molar-refractivity contribution >= 4 is 22.9 Å². The highest BCUT2D eigenvalue weighted by atomic mass is 32.1. The van der Waals surface area contributed by atoms with E-state index >= 15 is 0 Å². The Hall–Kier alpha value is -1.92. The second kappa shape index (κ2) is 7.32. The van der Waals surface area contributed by atoms with Gasteiger partial charge in [-0.25, -0.2) is 4.98 Å². The van der Waals surface area contributed by atoms with Crippen LogP contribution in [-0.4, -0.2) is 30.6 Å². The molecule has 1 N–H and O–H groups in total. The van der Waals surface area contributed by atoms with Crippen LogP contribution in [-0.2, 0) is 4.79 Å². The van der Waals surface area contributed by atoms with E-state index in [1.807, 2.05) is 42.3 Å². The minimum atomic E-state index is -0.164. The molecule has 5 nitrogen and oxygen atoms in total. The van der Waals surface area contributed by atoms with Gasteiger partial charge in [0.2, 0.25) is 5.91 Å². The quantitative estimate of drug-likeness (QED) is 0.903. The summed E-state index contributed by atoms with van der Waals surface area (Å²) in [4.78, 5) is 20.2. The number of carbonyl (C=O) groups is 1. The number of nitrogens with zero attached hydrogens (tertiary/aromatic N) is 2. The van der Waals surface area contributed by atoms with Crippen molar-refractivity contribution < 1.29 is 9.53 Å². The van der Waals surface area contributed by atoms with E-state index in [9.17, 15) is 4.79 Å². The van der Waals surface area contributed by atoms with Crippen molar-refractivity contribution in [3.05, 3.63) is 40.3 Å². The molecule has 0 saturated carbocycles. The van der Waals surface area contributed by atoms with Crippen LogP contribution in [0.1, 0.15) is 35.7 Å². The first kappa shape index (κ1) is 16.9. The molecule has 1 aliphatic rings. The molecule has 3 rings (SSSR count). The summed E-state index contributed by atoms with van der Waals surface area (Å²) in [6.45, 7) is 4.83. The van der Waals surface area contributed by atoms with Crippen LogP contribution in [0.2, 0.25) is 0 Å². The fraction of sp³-hybridized carbons (Fsp3) is 0.444. The van der Waals surface area contributed by atoms with Crippen LogP contribution in [0.3, 0.4) is 0 Å². The minimum Gasteiger partial charge on any atom is -0.497 e. The summed E-state index contributed by atoms with van der Waals surface area (Å²) in [6.07, 6.45) is 3.74. The van der Waals surface area contributed by atoms with Crippen molar-refractivity contribution in [2.75, 3.05) is 18.6 Å². The third-order valence-corrected chi connectivity index (χ3v) is 5.42. The molecule has 1 aromatic carbocycles. The number of anilines is 1. The van der Waals surface area contributed by atoms with Crippen molar-refractivity contribution in [3.8, 4) is 5.75 Å². The molecular weight excluding hydrogens is 322 g/mol. The van der Waals surface area contributed by atoms with E-state index < -0.39 is 0 Å². The Bertz CT molecular complexity index is 716. The summed E-state index contributed by atoms with van der Waals surface area (Å²) in [5.41, 5.74) is 0.895. The number of hydrogen-bond acceptors (Lipinski definition) is 5. The van der Waals surface area contributed by atoms with E-state index in [2.05, 4.69) is 17.2 Å². The minimum absolute atomic E-state index is 0.121. The molecule has 1 aliphatic heterocycles. The van der Waals surface area contributed by atoms with Crippen LogP contribution in [0.5, 0.6) is 5.75 Å². The molecule has 2 heterocycles. The summed E-state index contributed by atoms with van der Waals surface area (Å²) < 4.78 is 5.27. The molecule has 0 aliphatic carbocycles. The van der Waals surface area contributed by atoms with Gasteiger partial charge in [-0.15, -0.1) is 11.3 Å². The summed E-state index contributed by atoms with van der Waals surface area (Å²) in [5, 5.41) is 4.52. The van der Waals surface area contributed by atoms with Crippen LogP contribution < -0.4 is 15.0 Å². The Balaban J connectivity index is 1.72. The van der Waals surface area contributed by atoms with Crippen molar-refractivity contribution in [2.24, 2.45) is 0 Å². The molecule has 1 amide bonds. The number of aromatic nitrogens is 1. The largest absolute Gasteiger partial charge is 0.497 e. The van der Waals surface area contributed by atoms with Gasteiger partial charge < -0.3 is 9.64 Å². The molecule has 1 aromatic heterocycles. The Morgan fingerprint density at radius 1 is 1.46 bits per heavy atom. The third kappa shape index (κ3) is 3.60. The average molecular weight is 345 g/mol. The maximum Gasteiger partial charge on any atom is 0.244 e. The topological polar surface area (TPSA) is 54.5 Å². The maximum atomic E-state index is 12.9. The van der Waals surface area contributed by atoms with Crippen LogP contribution in [0.25, 0.3) is 0 Å². The zero-order chi connectivity index (χ0) is 17.1. The zero-order valence-electron chi connectivity index (χ0n) is 14.3. The van der Waals surface area contributed by atoms with Crippen LogP contribution in [0, 0.1) is 6.92 Å². The number of thiazole rings is 1. The molecule has 6 heteroatoms. The smallest absolute Gasteiger partial charge is 0.244 e. The van der Waals surface area contributed by atoms with Crippen molar-refractivity contribution in [1.82, 2.24) is 10.3 Å². The summed E-state index contributed by atoms with van der Waals surface area (Å²) >= 11 is 1.67. The van der Waals surface area contributed by atoms with E-state index in [-0.39, 0.29) is 18.0 Å². The Labute approximate surface area is 146 Å². The summed E-state index contributed by atoms with van der Waals surface area (Å²) in [7, 11) is 1.64. The van der Waals surface area contributed by atoms with Crippen molar-refractivity contribution in [2.45, 2.75) is 38.8 Å². The lowest BCUT2D eigenvalue weighted by atomic mass is 10.0. The van der Waals surface area contributed by atoms with Gasteiger partial charge in [0.25, 0.3) is 0 Å². The fourth-order valence-corrected chi connectivity index (χ4v) is 3.82. The lowest BCUT2D eigenvalue weighted by Crippen LogP contribution is -2.51. The van der Waals surface area contributed by atoms with Crippen molar-refractivity contribution in [3.63, 3.8) is 0 Å². The molecular formula is C18H23N3O2S. The van der Waals surface area contributed by atoms with Gasteiger partial charge in [0.15, 0.2) is 0 Å². The predicted octanol–water partition coefficient (Wildman–Crippen LogP) is 3.31. The molecule has 24 heavy (non-hydrogen) atoms. The van der Waals surface area contributed by atoms with E-state index in [0.29, 0.717) is 0 Å². The van der Waals surface area contributed by atoms with Crippen molar-refractivity contribution in [1.29, 1.82) is 0 Å². The Morgan fingerprint density at radius 3 is 3.00 bits per heavy atom. The molecule has 2 atom stereocenters. The molecule has 1 saturated heterocycles. The number of benzene rings is 1. The van der Waals surface area contributed by atoms with Crippen LogP contribution in [0.15, 0.2) is 30.5 Å². The molecule has 1 fully saturated rings. The average Bonchev–Trinajstić information content (AvgIpc) is 3.03. The van der Waals surface area contributed by atoms with Crippen LogP contribution >= 0.6 is 11.3 Å². The van der Waals surface area contributed by atoms with Gasteiger partial charge in [0.05, 0.1) is 18.2 Å². The van der Waals surface area contributed by atoms with E-state index in [1.54, 1.807) is 18.4 Å². The van der Waals surface area contributed by atoms with Gasteiger partial charge in [-0.3, -0.25) is 10.1 Å². The second-order valence-corrected chi connectivity index (χ2v) is 7.32. The monoisotopic (exact) mass is 345 g/mol. The van der Waals surface area contributed by atoms with Crippen LogP contribution in [0.4, 0.5) is 5.69 Å². The Kier molecular flexibility index (Phi) is 5.16. The summed E-state index contributed by atoms with van der Waals surface area (Å²) in [6, 6.07) is 7.63. The normalized spacial score (nSPS) is 19.4. The van der Waals surface area contributed by atoms with Gasteiger partial charge in [-0.1, -0.05) is 6.07 Å². The first-order valence-corrected chi connectivity index (χ1v) is 9.04. The standard InChI is InChI=1S/C18H23N3O2S/c1-12(17-11-19-13(2)24-17)20-16-8-5-9-21(18(16)22)14-6-4-7-15(10-14)23-3/h4,6-7,10-12,16,20H,5,8-9H2,1-3H3/t12-,16-/m0/s1. The predicted molar refractivity (Wildman–Crippen MR) is 96.8 cm³/mol. The zero-order valence-corrected chi connectivity index (χ0v) is 15.1. The first-order valence-electron chi connectivity index (χ1n) is 8.22. The van der Waals surface area contributed by atoms with Gasteiger partial charge >= 0.3 is 0 Å². The SMILES string of the molecule is COc1cccc(N2CCC[C@H](N[C@@H](C)c3cnc(C)s3)C2=O)c1. The number of carbonyl (C=O) groups excluding carboxylic acids is 1. The molecule has 2 aromatic rings. The molecule has 128 valence electrons. The van der Waals surface area contributed by atoms with Gasteiger partial charge in [0.1, 0.15) is 5.75 Å². The third-order valence-electron chi connectivity index (χ3n) is 4.32. The Morgan fingerprint density at radius 2 is 2.29 bits per heavy atom. The number of nitrogens with one attached hydrogen (secondary N) is 1. The van der Waals surface area contributed by atoms with Gasteiger partial charge in [0, 0.05) is 35.4 Å². The first-order chi connectivity index (χ1) is 11.6. The number of rotatable bonds is 5. The van der Waals surface area contributed by atoms with Gasteiger partial charge in [-0.05, 0) is 38.8 Å². The number of aryl methyl sites for hydroxylation is 1. The number of methoxy groups -OCH3 is 1.